The summed E-state index contributed by atoms with van der Waals surface area (Å²) in [6.45, 7) is 6.75. The molecule has 1 rings (SSSR count). The zero-order valence-corrected chi connectivity index (χ0v) is 12.7. The molecule has 0 aromatic carbocycles. The van der Waals surface area contributed by atoms with Crippen molar-refractivity contribution in [1.29, 1.82) is 0 Å². The molecule has 1 fully saturated rings. The lowest BCUT2D eigenvalue weighted by Gasteiger charge is -2.18. The summed E-state index contributed by atoms with van der Waals surface area (Å²) in [6.07, 6.45) is 0.746. The molecule has 7 nitrogen and oxygen atoms in total. The standard InChI is InChI=1S/C14H22N2O5/c1-14(2,3)8-9-15-10(17)4-7-13(20)21-16-11(18)5-6-12(16)19/h4-9H2,1-3H3,(H,15,17). The fourth-order valence-corrected chi connectivity index (χ4v) is 1.69. The van der Waals surface area contributed by atoms with Gasteiger partial charge in [0.15, 0.2) is 0 Å². The molecular weight excluding hydrogens is 276 g/mol. The number of hydrogen-bond acceptors (Lipinski definition) is 5. The predicted molar refractivity (Wildman–Crippen MR) is 73.5 cm³/mol. The van der Waals surface area contributed by atoms with E-state index in [4.69, 9.17) is 0 Å². The lowest BCUT2D eigenvalue weighted by atomic mass is 9.92. The Balaban J connectivity index is 2.22. The third-order valence-electron chi connectivity index (χ3n) is 2.95. The first-order valence-electron chi connectivity index (χ1n) is 7.02. The van der Waals surface area contributed by atoms with E-state index >= 15 is 0 Å². The van der Waals surface area contributed by atoms with Crippen LogP contribution in [0, 0.1) is 5.41 Å². The van der Waals surface area contributed by atoms with Crippen LogP contribution in [0.5, 0.6) is 0 Å². The van der Waals surface area contributed by atoms with E-state index in [1.165, 1.54) is 0 Å². The van der Waals surface area contributed by atoms with Gasteiger partial charge in [-0.3, -0.25) is 14.4 Å². The molecule has 0 bridgehead atoms. The molecule has 1 heterocycles. The summed E-state index contributed by atoms with van der Waals surface area (Å²) in [5.41, 5.74) is 0.128. The van der Waals surface area contributed by atoms with E-state index < -0.39 is 17.8 Å². The van der Waals surface area contributed by atoms with Crippen LogP contribution in [0.3, 0.4) is 0 Å². The van der Waals surface area contributed by atoms with E-state index in [2.05, 4.69) is 30.9 Å². The van der Waals surface area contributed by atoms with Crippen LogP contribution in [0.2, 0.25) is 0 Å². The number of nitrogens with zero attached hydrogens (tertiary/aromatic N) is 1. The number of hydrogen-bond donors (Lipinski definition) is 1. The summed E-state index contributed by atoms with van der Waals surface area (Å²) >= 11 is 0. The molecule has 0 spiro atoms. The highest BCUT2D eigenvalue weighted by molar-refractivity contribution is 6.01. The maximum Gasteiger partial charge on any atom is 0.333 e. The molecule has 1 aliphatic heterocycles. The van der Waals surface area contributed by atoms with Gasteiger partial charge in [-0.2, -0.15) is 0 Å². The molecule has 0 saturated carbocycles. The van der Waals surface area contributed by atoms with Crippen molar-refractivity contribution in [2.24, 2.45) is 5.41 Å². The van der Waals surface area contributed by atoms with Gasteiger partial charge in [-0.05, 0) is 11.8 Å². The van der Waals surface area contributed by atoms with E-state index in [0.717, 1.165) is 6.42 Å². The largest absolute Gasteiger partial charge is 0.356 e. The van der Waals surface area contributed by atoms with Gasteiger partial charge in [0.2, 0.25) is 5.91 Å². The van der Waals surface area contributed by atoms with Gasteiger partial charge >= 0.3 is 5.97 Å². The van der Waals surface area contributed by atoms with E-state index in [1.54, 1.807) is 0 Å². The maximum absolute atomic E-state index is 11.5. The second-order valence-electron chi connectivity index (χ2n) is 6.21. The van der Waals surface area contributed by atoms with Crippen LogP contribution in [0.1, 0.15) is 52.9 Å². The van der Waals surface area contributed by atoms with Gasteiger partial charge in [0.25, 0.3) is 11.8 Å². The van der Waals surface area contributed by atoms with E-state index in [0.29, 0.717) is 11.6 Å². The van der Waals surface area contributed by atoms with Gasteiger partial charge in [0, 0.05) is 25.8 Å². The van der Waals surface area contributed by atoms with Gasteiger partial charge in [-0.1, -0.05) is 20.8 Å². The molecule has 0 unspecified atom stereocenters. The van der Waals surface area contributed by atoms with Crippen molar-refractivity contribution in [2.75, 3.05) is 6.54 Å². The Morgan fingerprint density at radius 1 is 1.14 bits per heavy atom. The average Bonchev–Trinajstić information content (AvgIpc) is 2.66. The molecule has 1 aliphatic rings. The number of hydroxylamine groups is 2. The van der Waals surface area contributed by atoms with Crippen LogP contribution in [0.25, 0.3) is 0 Å². The Morgan fingerprint density at radius 2 is 1.71 bits per heavy atom. The van der Waals surface area contributed by atoms with Gasteiger partial charge in [-0.15, -0.1) is 5.06 Å². The van der Waals surface area contributed by atoms with Crippen LogP contribution in [-0.2, 0) is 24.0 Å². The summed E-state index contributed by atoms with van der Waals surface area (Å²) in [5.74, 6) is -2.06. The van der Waals surface area contributed by atoms with Crippen molar-refractivity contribution in [3.63, 3.8) is 0 Å². The van der Waals surface area contributed by atoms with E-state index in [9.17, 15) is 19.2 Å². The minimum atomic E-state index is -0.760. The van der Waals surface area contributed by atoms with Gasteiger partial charge in [0.05, 0.1) is 6.42 Å². The summed E-state index contributed by atoms with van der Waals surface area (Å²) in [4.78, 5) is 50.2. The Kier molecular flexibility index (Phi) is 5.87. The van der Waals surface area contributed by atoms with Crippen molar-refractivity contribution in [2.45, 2.75) is 52.9 Å². The first-order valence-corrected chi connectivity index (χ1v) is 7.02. The number of amides is 3. The molecule has 0 aliphatic carbocycles. The molecule has 1 saturated heterocycles. The molecule has 0 aromatic rings. The average molecular weight is 298 g/mol. The fourth-order valence-electron chi connectivity index (χ4n) is 1.69. The van der Waals surface area contributed by atoms with Crippen molar-refractivity contribution < 1.29 is 24.0 Å². The fraction of sp³-hybridized carbons (Fsp3) is 0.714. The van der Waals surface area contributed by atoms with Crippen LogP contribution in [0.15, 0.2) is 0 Å². The summed E-state index contributed by atoms with van der Waals surface area (Å²) in [5, 5.41) is 3.20. The Labute approximate surface area is 124 Å². The normalized spacial score (nSPS) is 15.3. The molecule has 7 heteroatoms. The first-order chi connectivity index (χ1) is 9.69. The van der Waals surface area contributed by atoms with Gasteiger partial charge in [0.1, 0.15) is 0 Å². The van der Waals surface area contributed by atoms with Gasteiger partial charge < -0.3 is 10.2 Å². The highest BCUT2D eigenvalue weighted by Crippen LogP contribution is 2.17. The smallest absolute Gasteiger partial charge is 0.333 e. The number of carbonyl (C=O) groups is 4. The summed E-state index contributed by atoms with van der Waals surface area (Å²) in [6, 6.07) is 0. The highest BCUT2D eigenvalue weighted by Gasteiger charge is 2.32. The minimum absolute atomic E-state index is 0.0286. The molecule has 0 radical (unpaired) electrons. The van der Waals surface area contributed by atoms with Crippen LogP contribution < -0.4 is 5.32 Å². The summed E-state index contributed by atoms with van der Waals surface area (Å²) < 4.78 is 0. The van der Waals surface area contributed by atoms with Crippen molar-refractivity contribution in [3.05, 3.63) is 0 Å². The zero-order valence-electron chi connectivity index (χ0n) is 12.7. The van der Waals surface area contributed by atoms with Gasteiger partial charge in [-0.25, -0.2) is 4.79 Å². The lowest BCUT2D eigenvalue weighted by molar-refractivity contribution is -0.197. The Hall–Kier alpha value is -1.92. The minimum Gasteiger partial charge on any atom is -0.356 e. The third kappa shape index (κ3) is 6.37. The maximum atomic E-state index is 11.5. The topological polar surface area (TPSA) is 92.8 Å². The monoisotopic (exact) mass is 298 g/mol. The molecule has 118 valence electrons. The second-order valence-corrected chi connectivity index (χ2v) is 6.21. The highest BCUT2D eigenvalue weighted by atomic mass is 16.7. The molecular formula is C14H22N2O5. The summed E-state index contributed by atoms with van der Waals surface area (Å²) in [7, 11) is 0. The number of rotatable bonds is 6. The number of imide groups is 1. The van der Waals surface area contributed by atoms with E-state index in [1.807, 2.05) is 0 Å². The molecule has 21 heavy (non-hydrogen) atoms. The number of carbonyl (C=O) groups excluding carboxylic acids is 4. The molecule has 0 aromatic heterocycles. The second kappa shape index (κ2) is 7.19. The third-order valence-corrected chi connectivity index (χ3v) is 2.95. The van der Waals surface area contributed by atoms with Crippen LogP contribution >= 0.6 is 0 Å². The molecule has 3 amide bonds. The van der Waals surface area contributed by atoms with Crippen molar-refractivity contribution in [3.8, 4) is 0 Å². The molecule has 0 atom stereocenters. The lowest BCUT2D eigenvalue weighted by Crippen LogP contribution is -2.33. The predicted octanol–water partition coefficient (Wildman–Crippen LogP) is 0.926. The molecule has 1 N–H and O–H groups in total. The van der Waals surface area contributed by atoms with Crippen LogP contribution in [0.4, 0.5) is 0 Å². The Bertz CT molecular complexity index is 423. The van der Waals surface area contributed by atoms with Crippen molar-refractivity contribution >= 4 is 23.7 Å². The first kappa shape index (κ1) is 17.1. The zero-order chi connectivity index (χ0) is 16.0. The van der Waals surface area contributed by atoms with E-state index in [-0.39, 0.29) is 37.0 Å². The quantitative estimate of drug-likeness (QED) is 0.736. The SMILES string of the molecule is CC(C)(C)CCNC(=O)CCC(=O)ON1C(=O)CCC1=O. The van der Waals surface area contributed by atoms with Crippen molar-refractivity contribution in [1.82, 2.24) is 10.4 Å². The van der Waals surface area contributed by atoms with Crippen LogP contribution in [-0.4, -0.2) is 35.3 Å². The number of nitrogens with one attached hydrogen (secondary N) is 1. The Morgan fingerprint density at radius 3 is 2.24 bits per heavy atom.